The second kappa shape index (κ2) is 8.68. The zero-order chi connectivity index (χ0) is 22.9. The molecule has 2 aliphatic rings. The second-order valence-corrected chi connectivity index (χ2v) is 7.96. The van der Waals surface area contributed by atoms with Crippen molar-refractivity contribution in [1.82, 2.24) is 4.90 Å². The third-order valence-electron chi connectivity index (χ3n) is 5.86. The van der Waals surface area contributed by atoms with Crippen molar-refractivity contribution in [2.24, 2.45) is 0 Å². The molecule has 5 rings (SSSR count). The molecule has 33 heavy (non-hydrogen) atoms. The molecule has 0 saturated carbocycles. The van der Waals surface area contributed by atoms with E-state index in [0.29, 0.717) is 49.1 Å². The van der Waals surface area contributed by atoms with Crippen molar-refractivity contribution in [3.8, 4) is 11.5 Å². The highest BCUT2D eigenvalue weighted by molar-refractivity contribution is 5.81. The summed E-state index contributed by atoms with van der Waals surface area (Å²) in [4.78, 5) is 24.8. The Bertz CT molecular complexity index is 1310. The number of ether oxygens (including phenoxy) is 3. The van der Waals surface area contributed by atoms with E-state index in [4.69, 9.17) is 18.6 Å². The molecule has 9 nitrogen and oxygen atoms in total. The maximum atomic E-state index is 11.7. The van der Waals surface area contributed by atoms with Crippen molar-refractivity contribution in [2.75, 3.05) is 32.9 Å². The summed E-state index contributed by atoms with van der Waals surface area (Å²) < 4.78 is 22.7. The van der Waals surface area contributed by atoms with Crippen LogP contribution in [0.2, 0.25) is 0 Å². The minimum atomic E-state index is -0.404. The van der Waals surface area contributed by atoms with Gasteiger partial charge in [0.05, 0.1) is 24.2 Å². The van der Waals surface area contributed by atoms with E-state index in [1.54, 1.807) is 18.2 Å². The molecule has 3 aromatic rings. The van der Waals surface area contributed by atoms with Gasteiger partial charge < -0.3 is 18.6 Å². The van der Waals surface area contributed by atoms with Gasteiger partial charge in [0.1, 0.15) is 29.4 Å². The average molecular weight is 450 g/mol. The fourth-order valence-corrected chi connectivity index (χ4v) is 4.27. The first-order valence-electron chi connectivity index (χ1n) is 10.6. The van der Waals surface area contributed by atoms with Gasteiger partial charge in [-0.1, -0.05) is 0 Å². The molecular weight excluding hydrogens is 428 g/mol. The van der Waals surface area contributed by atoms with E-state index in [0.717, 1.165) is 16.5 Å². The first-order valence-corrected chi connectivity index (χ1v) is 10.6. The third-order valence-corrected chi connectivity index (χ3v) is 5.86. The molecule has 2 aromatic carbocycles. The van der Waals surface area contributed by atoms with Crippen LogP contribution in [0.1, 0.15) is 17.2 Å². The summed E-state index contributed by atoms with van der Waals surface area (Å²) in [6.07, 6.45) is 1.84. The predicted octanol–water partition coefficient (Wildman–Crippen LogP) is 3.74. The molecule has 0 N–H and O–H groups in total. The van der Waals surface area contributed by atoms with Gasteiger partial charge in [0.2, 0.25) is 0 Å². The summed E-state index contributed by atoms with van der Waals surface area (Å²) in [5.74, 6) is 1.82. The fourth-order valence-electron chi connectivity index (χ4n) is 4.27. The van der Waals surface area contributed by atoms with Gasteiger partial charge in [-0.3, -0.25) is 15.0 Å². The Kier molecular flexibility index (Phi) is 5.57. The standard InChI is InChI=1S/C24H22N2O7/c1-15-12-23(27)33-22-14-17(3-4-18(15)22)31-9-6-21-24(25-7-10-30-11-8-25)19-13-16(26(28)29)2-5-20(19)32-21/h2-6,12-14,24H,7-11H2,1H3/b21-6+/t24-/m1/s1. The Hall–Kier alpha value is -3.69. The molecule has 0 amide bonds. The number of aryl methyl sites for hydroxylation is 1. The molecule has 1 fully saturated rings. The van der Waals surface area contributed by atoms with Crippen molar-refractivity contribution in [3.63, 3.8) is 0 Å². The lowest BCUT2D eigenvalue weighted by Crippen LogP contribution is -2.39. The molecule has 1 atom stereocenters. The van der Waals surface area contributed by atoms with E-state index in [1.807, 2.05) is 25.1 Å². The van der Waals surface area contributed by atoms with Crippen LogP contribution in [0, 0.1) is 17.0 Å². The van der Waals surface area contributed by atoms with Crippen molar-refractivity contribution >= 4 is 16.7 Å². The molecule has 0 aliphatic carbocycles. The van der Waals surface area contributed by atoms with E-state index in [-0.39, 0.29) is 18.3 Å². The molecule has 170 valence electrons. The summed E-state index contributed by atoms with van der Waals surface area (Å²) in [7, 11) is 0. The first kappa shape index (κ1) is 21.2. The van der Waals surface area contributed by atoms with Crippen LogP contribution in [0.25, 0.3) is 11.0 Å². The lowest BCUT2D eigenvalue weighted by Gasteiger charge is -2.32. The van der Waals surface area contributed by atoms with Crippen LogP contribution in [0.3, 0.4) is 0 Å². The van der Waals surface area contributed by atoms with E-state index < -0.39 is 10.5 Å². The van der Waals surface area contributed by atoms with Crippen LogP contribution in [-0.2, 0) is 4.74 Å². The summed E-state index contributed by atoms with van der Waals surface area (Å²) in [5.41, 5.74) is 1.70. The van der Waals surface area contributed by atoms with Crippen molar-refractivity contribution < 1.29 is 23.6 Å². The normalized spacial score (nSPS) is 19.4. The zero-order valence-electron chi connectivity index (χ0n) is 18.0. The van der Waals surface area contributed by atoms with Crippen molar-refractivity contribution in [2.45, 2.75) is 13.0 Å². The van der Waals surface area contributed by atoms with Crippen LogP contribution in [0.4, 0.5) is 5.69 Å². The number of nitro benzene ring substituents is 1. The molecule has 0 radical (unpaired) electrons. The maximum absolute atomic E-state index is 11.7. The second-order valence-electron chi connectivity index (χ2n) is 7.96. The lowest BCUT2D eigenvalue weighted by atomic mass is 10.0. The highest BCUT2D eigenvalue weighted by atomic mass is 16.6. The number of hydrogen-bond acceptors (Lipinski definition) is 8. The molecule has 1 saturated heterocycles. The number of benzene rings is 2. The lowest BCUT2D eigenvalue weighted by molar-refractivity contribution is -0.384. The molecule has 9 heteroatoms. The predicted molar refractivity (Wildman–Crippen MR) is 120 cm³/mol. The van der Waals surface area contributed by atoms with E-state index >= 15 is 0 Å². The van der Waals surface area contributed by atoms with Gasteiger partial charge in [-0.15, -0.1) is 0 Å². The molecule has 0 bridgehead atoms. The first-order chi connectivity index (χ1) is 16.0. The molecular formula is C24H22N2O7. The summed E-state index contributed by atoms with van der Waals surface area (Å²) in [5, 5.41) is 12.1. The summed E-state index contributed by atoms with van der Waals surface area (Å²) >= 11 is 0. The van der Waals surface area contributed by atoms with Gasteiger partial charge in [-0.2, -0.15) is 0 Å². The quantitative estimate of drug-likeness (QED) is 0.329. The highest BCUT2D eigenvalue weighted by Gasteiger charge is 2.36. The highest BCUT2D eigenvalue weighted by Crippen LogP contribution is 2.44. The van der Waals surface area contributed by atoms with Crippen LogP contribution in [-0.4, -0.2) is 42.7 Å². The van der Waals surface area contributed by atoms with Gasteiger partial charge in [0.25, 0.3) is 5.69 Å². The maximum Gasteiger partial charge on any atom is 0.336 e. The van der Waals surface area contributed by atoms with Crippen LogP contribution in [0.15, 0.2) is 63.5 Å². The Morgan fingerprint density at radius 2 is 2.00 bits per heavy atom. The number of rotatable bonds is 5. The Balaban J connectivity index is 1.40. The Morgan fingerprint density at radius 1 is 1.18 bits per heavy atom. The molecule has 1 aromatic heterocycles. The SMILES string of the molecule is Cc1cc(=O)oc2cc(OC/C=C3/Oc4ccc([N+](=O)[O-])cc4[C@H]3N3CCOCC3)ccc12. The minimum absolute atomic E-state index is 0.0288. The number of nitrogens with zero attached hydrogens (tertiary/aromatic N) is 2. The van der Waals surface area contributed by atoms with Crippen molar-refractivity contribution in [1.29, 1.82) is 0 Å². The number of non-ortho nitro benzene ring substituents is 1. The molecule has 0 unspecified atom stereocenters. The van der Waals surface area contributed by atoms with Crippen LogP contribution < -0.4 is 15.1 Å². The largest absolute Gasteiger partial charge is 0.489 e. The van der Waals surface area contributed by atoms with E-state index in [2.05, 4.69) is 4.90 Å². The van der Waals surface area contributed by atoms with Crippen molar-refractivity contribution in [3.05, 3.63) is 86.0 Å². The van der Waals surface area contributed by atoms with Crippen LogP contribution in [0.5, 0.6) is 11.5 Å². The molecule has 0 spiro atoms. The number of morpholine rings is 1. The number of hydrogen-bond donors (Lipinski definition) is 0. The summed E-state index contributed by atoms with van der Waals surface area (Å²) in [6, 6.07) is 11.2. The van der Waals surface area contributed by atoms with Gasteiger partial charge in [0, 0.05) is 48.3 Å². The summed E-state index contributed by atoms with van der Waals surface area (Å²) in [6.45, 7) is 4.64. The number of nitro groups is 1. The topological polar surface area (TPSA) is 104 Å². The molecule has 2 aliphatic heterocycles. The third kappa shape index (κ3) is 4.20. The van der Waals surface area contributed by atoms with Gasteiger partial charge in [0.15, 0.2) is 0 Å². The van der Waals surface area contributed by atoms with Gasteiger partial charge >= 0.3 is 5.63 Å². The van der Waals surface area contributed by atoms with E-state index in [9.17, 15) is 14.9 Å². The average Bonchev–Trinajstić information content (AvgIpc) is 3.16. The molecule has 3 heterocycles. The fraction of sp³-hybridized carbons (Fsp3) is 0.292. The van der Waals surface area contributed by atoms with Crippen LogP contribution >= 0.6 is 0 Å². The Morgan fingerprint density at radius 3 is 2.79 bits per heavy atom. The monoisotopic (exact) mass is 450 g/mol. The zero-order valence-corrected chi connectivity index (χ0v) is 18.0. The Labute approximate surface area is 188 Å². The number of fused-ring (bicyclic) bond motifs is 2. The minimum Gasteiger partial charge on any atom is -0.489 e. The van der Waals surface area contributed by atoms with Gasteiger partial charge in [-0.25, -0.2) is 4.79 Å². The van der Waals surface area contributed by atoms with E-state index in [1.165, 1.54) is 12.1 Å². The smallest absolute Gasteiger partial charge is 0.336 e. The van der Waals surface area contributed by atoms with Gasteiger partial charge in [-0.05, 0) is 36.8 Å².